The quantitative estimate of drug-likeness (QED) is 0.726. The summed E-state index contributed by atoms with van der Waals surface area (Å²) in [4.78, 5) is 11.9. The van der Waals surface area contributed by atoms with Gasteiger partial charge in [0.05, 0.1) is 23.4 Å². The Morgan fingerprint density at radius 1 is 1.14 bits per heavy atom. The molecular formula is C17H17N3OS. The first-order valence-corrected chi connectivity index (χ1v) is 8.34. The minimum atomic E-state index is 0.761. The summed E-state index contributed by atoms with van der Waals surface area (Å²) in [6.45, 7) is 5.39. The first-order valence-electron chi connectivity index (χ1n) is 7.46. The van der Waals surface area contributed by atoms with Gasteiger partial charge in [0, 0.05) is 18.7 Å². The lowest BCUT2D eigenvalue weighted by Crippen LogP contribution is -2.36. The molecule has 1 aromatic carbocycles. The van der Waals surface area contributed by atoms with Crippen molar-refractivity contribution in [2.24, 2.45) is 0 Å². The molecule has 2 aromatic heterocycles. The molecule has 0 unspecified atom stereocenters. The average molecular weight is 311 g/mol. The lowest BCUT2D eigenvalue weighted by atomic mass is 10.1. The minimum absolute atomic E-state index is 0.761. The first-order chi connectivity index (χ1) is 10.8. The Balaban J connectivity index is 1.86. The number of rotatable bonds is 2. The van der Waals surface area contributed by atoms with Crippen molar-refractivity contribution in [3.8, 4) is 11.4 Å². The van der Waals surface area contributed by atoms with Crippen LogP contribution < -0.4 is 4.90 Å². The van der Waals surface area contributed by atoms with Crippen LogP contribution in [0, 0.1) is 6.92 Å². The maximum Gasteiger partial charge on any atom is 0.162 e. The highest BCUT2D eigenvalue weighted by atomic mass is 32.1. The van der Waals surface area contributed by atoms with Crippen LogP contribution in [0.15, 0.2) is 35.7 Å². The number of hydrogen-bond donors (Lipinski definition) is 0. The van der Waals surface area contributed by atoms with E-state index in [-0.39, 0.29) is 0 Å². The smallest absolute Gasteiger partial charge is 0.162 e. The number of anilines is 1. The van der Waals surface area contributed by atoms with Crippen LogP contribution in [0.2, 0.25) is 0 Å². The highest BCUT2D eigenvalue weighted by molar-refractivity contribution is 7.17. The fourth-order valence-corrected chi connectivity index (χ4v) is 3.60. The minimum Gasteiger partial charge on any atom is -0.378 e. The highest BCUT2D eigenvalue weighted by Gasteiger charge is 2.18. The molecule has 4 nitrogen and oxygen atoms in total. The second kappa shape index (κ2) is 5.66. The summed E-state index contributed by atoms with van der Waals surface area (Å²) in [5.74, 6) is 1.84. The summed E-state index contributed by atoms with van der Waals surface area (Å²) >= 11 is 1.71. The second-order valence-corrected chi connectivity index (χ2v) is 6.39. The van der Waals surface area contributed by atoms with E-state index in [1.54, 1.807) is 11.3 Å². The Labute approximate surface area is 133 Å². The van der Waals surface area contributed by atoms with Gasteiger partial charge in [-0.25, -0.2) is 9.97 Å². The van der Waals surface area contributed by atoms with Gasteiger partial charge in [0.2, 0.25) is 0 Å². The zero-order valence-electron chi connectivity index (χ0n) is 12.5. The predicted molar refractivity (Wildman–Crippen MR) is 90.6 cm³/mol. The van der Waals surface area contributed by atoms with Crippen molar-refractivity contribution in [2.75, 3.05) is 31.2 Å². The molecule has 3 aromatic rings. The van der Waals surface area contributed by atoms with Crippen LogP contribution in [-0.4, -0.2) is 36.3 Å². The first kappa shape index (κ1) is 13.7. The Hall–Kier alpha value is -1.98. The third-order valence-electron chi connectivity index (χ3n) is 3.87. The van der Waals surface area contributed by atoms with Gasteiger partial charge in [0.15, 0.2) is 11.6 Å². The summed E-state index contributed by atoms with van der Waals surface area (Å²) in [5.41, 5.74) is 3.32. The molecule has 1 saturated heterocycles. The number of aromatic nitrogens is 2. The van der Waals surface area contributed by atoms with Gasteiger partial charge in [-0.3, -0.25) is 0 Å². The van der Waals surface area contributed by atoms with E-state index < -0.39 is 0 Å². The zero-order chi connectivity index (χ0) is 14.9. The Morgan fingerprint density at radius 3 is 2.82 bits per heavy atom. The molecule has 4 rings (SSSR count). The van der Waals surface area contributed by atoms with E-state index in [2.05, 4.69) is 47.5 Å². The number of hydrogen-bond acceptors (Lipinski definition) is 5. The number of benzene rings is 1. The van der Waals surface area contributed by atoms with Gasteiger partial charge >= 0.3 is 0 Å². The summed E-state index contributed by atoms with van der Waals surface area (Å²) in [5, 5.41) is 2.09. The summed E-state index contributed by atoms with van der Waals surface area (Å²) < 4.78 is 6.63. The highest BCUT2D eigenvalue weighted by Crippen LogP contribution is 2.31. The van der Waals surface area contributed by atoms with Crippen molar-refractivity contribution in [1.29, 1.82) is 0 Å². The van der Waals surface area contributed by atoms with Gasteiger partial charge in [-0.15, -0.1) is 11.3 Å². The third-order valence-corrected chi connectivity index (χ3v) is 4.77. The fraction of sp³-hybridized carbons (Fsp3) is 0.294. The van der Waals surface area contributed by atoms with Crippen LogP contribution in [0.3, 0.4) is 0 Å². The molecule has 0 amide bonds. The van der Waals surface area contributed by atoms with Gasteiger partial charge in [0.1, 0.15) is 0 Å². The summed E-state index contributed by atoms with van der Waals surface area (Å²) in [6.07, 6.45) is 0. The number of nitrogens with zero attached hydrogens (tertiary/aromatic N) is 3. The van der Waals surface area contributed by atoms with Gasteiger partial charge in [-0.2, -0.15) is 0 Å². The van der Waals surface area contributed by atoms with Crippen molar-refractivity contribution in [2.45, 2.75) is 6.92 Å². The molecule has 0 bridgehead atoms. The van der Waals surface area contributed by atoms with Crippen LogP contribution in [0.4, 0.5) is 5.82 Å². The number of morpholine rings is 1. The van der Waals surface area contributed by atoms with E-state index in [4.69, 9.17) is 14.7 Å². The maximum absolute atomic E-state index is 5.46. The van der Waals surface area contributed by atoms with Gasteiger partial charge in [0.25, 0.3) is 0 Å². The SMILES string of the molecule is Cc1cccc(-c2nc(N3CCOCC3)c3sccc3n2)c1. The zero-order valence-corrected chi connectivity index (χ0v) is 13.3. The van der Waals surface area contributed by atoms with Crippen molar-refractivity contribution >= 4 is 27.4 Å². The Morgan fingerprint density at radius 2 is 2.00 bits per heavy atom. The van der Waals surface area contributed by atoms with Crippen molar-refractivity contribution in [1.82, 2.24) is 9.97 Å². The molecule has 0 N–H and O–H groups in total. The number of fused-ring (bicyclic) bond motifs is 1. The number of ether oxygens (including phenoxy) is 1. The molecular weight excluding hydrogens is 294 g/mol. The monoisotopic (exact) mass is 311 g/mol. The Kier molecular flexibility index (Phi) is 3.52. The standard InChI is InChI=1S/C17H17N3OS/c1-12-3-2-4-13(11-12)16-18-14-5-10-22-15(14)17(19-16)20-6-8-21-9-7-20/h2-5,10-11H,6-9H2,1H3. The van der Waals surface area contributed by atoms with Gasteiger partial charge in [-0.1, -0.05) is 23.8 Å². The molecule has 1 aliphatic heterocycles. The molecule has 0 radical (unpaired) electrons. The normalized spacial score (nSPS) is 15.4. The van der Waals surface area contributed by atoms with Crippen LogP contribution >= 0.6 is 11.3 Å². The van der Waals surface area contributed by atoms with Gasteiger partial charge < -0.3 is 9.64 Å². The lowest BCUT2D eigenvalue weighted by Gasteiger charge is -2.28. The molecule has 0 aliphatic carbocycles. The Bertz CT molecular complexity index is 809. The van der Waals surface area contributed by atoms with Crippen molar-refractivity contribution in [3.63, 3.8) is 0 Å². The van der Waals surface area contributed by atoms with Crippen LogP contribution in [0.1, 0.15) is 5.56 Å². The van der Waals surface area contributed by atoms with E-state index >= 15 is 0 Å². The van der Waals surface area contributed by atoms with E-state index in [0.717, 1.165) is 49.0 Å². The molecule has 1 aliphatic rings. The number of aryl methyl sites for hydroxylation is 1. The van der Waals surface area contributed by atoms with Crippen LogP contribution in [0.5, 0.6) is 0 Å². The molecule has 0 saturated carbocycles. The molecule has 1 fully saturated rings. The summed E-state index contributed by atoms with van der Waals surface area (Å²) in [6, 6.07) is 10.4. The summed E-state index contributed by atoms with van der Waals surface area (Å²) in [7, 11) is 0. The number of thiophene rings is 1. The van der Waals surface area contributed by atoms with E-state index in [0.29, 0.717) is 0 Å². The van der Waals surface area contributed by atoms with Crippen LogP contribution in [-0.2, 0) is 4.74 Å². The maximum atomic E-state index is 5.46. The van der Waals surface area contributed by atoms with E-state index in [1.165, 1.54) is 10.3 Å². The fourth-order valence-electron chi connectivity index (χ4n) is 2.75. The third kappa shape index (κ3) is 2.46. The van der Waals surface area contributed by atoms with E-state index in [9.17, 15) is 0 Å². The predicted octanol–water partition coefficient (Wildman–Crippen LogP) is 3.50. The molecule has 112 valence electrons. The molecule has 0 spiro atoms. The van der Waals surface area contributed by atoms with Crippen LogP contribution in [0.25, 0.3) is 21.6 Å². The van der Waals surface area contributed by atoms with E-state index in [1.807, 2.05) is 0 Å². The topological polar surface area (TPSA) is 38.2 Å². The second-order valence-electron chi connectivity index (χ2n) is 5.47. The van der Waals surface area contributed by atoms with Gasteiger partial charge in [-0.05, 0) is 24.4 Å². The molecule has 3 heterocycles. The molecule has 0 atom stereocenters. The van der Waals surface area contributed by atoms with Crippen molar-refractivity contribution in [3.05, 3.63) is 41.3 Å². The lowest BCUT2D eigenvalue weighted by molar-refractivity contribution is 0.122. The average Bonchev–Trinajstić information content (AvgIpc) is 3.03. The largest absolute Gasteiger partial charge is 0.378 e. The molecule has 22 heavy (non-hydrogen) atoms. The molecule has 5 heteroatoms. The van der Waals surface area contributed by atoms with Crippen molar-refractivity contribution < 1.29 is 4.74 Å².